The Morgan fingerprint density at radius 1 is 1.13 bits per heavy atom. The standard InChI is InChI=1S/C19H20INO8S/c1-4-27-15(22)9-21-18(24)14(30-19(21)25)8-11-6-12(20)17(13(7-11)26-3)29-10-16(23)28-5-2/h6-8H,4-5,9-10H2,1-3H3. The topological polar surface area (TPSA) is 108 Å². The molecule has 1 fully saturated rings. The molecular formula is C19H20INO8S. The summed E-state index contributed by atoms with van der Waals surface area (Å²) in [6.45, 7) is 3.05. The molecule has 1 heterocycles. The Bertz CT molecular complexity index is 886. The third-order valence-corrected chi connectivity index (χ3v) is 5.36. The molecule has 0 bridgehead atoms. The molecule has 0 radical (unpaired) electrons. The highest BCUT2D eigenvalue weighted by Crippen LogP contribution is 2.37. The predicted molar refractivity (Wildman–Crippen MR) is 117 cm³/mol. The van der Waals surface area contributed by atoms with Gasteiger partial charge in [-0.15, -0.1) is 0 Å². The SMILES string of the molecule is CCOC(=O)COc1c(I)cc(C=C2SC(=O)N(CC(=O)OCC)C2=O)cc1OC. The molecule has 30 heavy (non-hydrogen) atoms. The smallest absolute Gasteiger partial charge is 0.344 e. The minimum Gasteiger partial charge on any atom is -0.493 e. The van der Waals surface area contributed by atoms with Crippen molar-refractivity contribution in [2.45, 2.75) is 13.8 Å². The lowest BCUT2D eigenvalue weighted by atomic mass is 10.2. The average molecular weight is 549 g/mol. The van der Waals surface area contributed by atoms with Crippen molar-refractivity contribution in [3.8, 4) is 11.5 Å². The van der Waals surface area contributed by atoms with Crippen molar-refractivity contribution in [3.05, 3.63) is 26.2 Å². The third-order valence-electron chi connectivity index (χ3n) is 3.66. The van der Waals surface area contributed by atoms with Gasteiger partial charge in [-0.2, -0.15) is 0 Å². The van der Waals surface area contributed by atoms with E-state index in [1.54, 1.807) is 26.0 Å². The van der Waals surface area contributed by atoms with Crippen molar-refractivity contribution in [1.82, 2.24) is 4.90 Å². The van der Waals surface area contributed by atoms with Crippen LogP contribution in [0.3, 0.4) is 0 Å². The number of methoxy groups -OCH3 is 1. The molecule has 0 unspecified atom stereocenters. The van der Waals surface area contributed by atoms with E-state index in [-0.39, 0.29) is 24.7 Å². The zero-order valence-corrected chi connectivity index (χ0v) is 19.5. The van der Waals surface area contributed by atoms with Crippen molar-refractivity contribution in [2.24, 2.45) is 0 Å². The van der Waals surface area contributed by atoms with Gasteiger partial charge in [-0.3, -0.25) is 19.3 Å². The van der Waals surface area contributed by atoms with Gasteiger partial charge in [-0.1, -0.05) is 0 Å². The van der Waals surface area contributed by atoms with Crippen LogP contribution in [-0.4, -0.2) is 61.5 Å². The Kier molecular flexibility index (Phi) is 8.96. The van der Waals surface area contributed by atoms with E-state index in [9.17, 15) is 19.2 Å². The van der Waals surface area contributed by atoms with Crippen LogP contribution < -0.4 is 9.47 Å². The van der Waals surface area contributed by atoms with E-state index < -0.39 is 29.6 Å². The molecule has 0 aliphatic carbocycles. The number of imide groups is 1. The van der Waals surface area contributed by atoms with E-state index >= 15 is 0 Å². The maximum Gasteiger partial charge on any atom is 0.344 e. The summed E-state index contributed by atoms with van der Waals surface area (Å²) in [5, 5.41) is -0.546. The average Bonchev–Trinajstić information content (AvgIpc) is 2.94. The van der Waals surface area contributed by atoms with E-state index in [4.69, 9.17) is 18.9 Å². The molecule has 0 spiro atoms. The number of rotatable bonds is 9. The molecule has 162 valence electrons. The Balaban J connectivity index is 2.21. The number of hydrogen-bond donors (Lipinski definition) is 0. The number of amides is 2. The first kappa shape index (κ1) is 24.0. The minimum atomic E-state index is -0.652. The monoisotopic (exact) mass is 549 g/mol. The van der Waals surface area contributed by atoms with Gasteiger partial charge in [0.2, 0.25) is 0 Å². The maximum atomic E-state index is 12.5. The molecular weight excluding hydrogens is 529 g/mol. The highest BCUT2D eigenvalue weighted by molar-refractivity contribution is 14.1. The second-order valence-corrected chi connectivity index (χ2v) is 7.86. The van der Waals surface area contributed by atoms with Crippen LogP contribution in [-0.2, 0) is 23.9 Å². The largest absolute Gasteiger partial charge is 0.493 e. The van der Waals surface area contributed by atoms with Crippen LogP contribution in [0.15, 0.2) is 17.0 Å². The normalized spacial score (nSPS) is 14.8. The van der Waals surface area contributed by atoms with Crippen molar-refractivity contribution in [1.29, 1.82) is 0 Å². The first-order valence-corrected chi connectivity index (χ1v) is 10.8. The van der Waals surface area contributed by atoms with Gasteiger partial charge in [0.25, 0.3) is 11.1 Å². The molecule has 2 rings (SSSR count). The highest BCUT2D eigenvalue weighted by atomic mass is 127. The van der Waals surface area contributed by atoms with Crippen LogP contribution >= 0.6 is 34.4 Å². The molecule has 11 heteroatoms. The first-order valence-electron chi connectivity index (χ1n) is 8.87. The van der Waals surface area contributed by atoms with Crippen LogP contribution in [0.1, 0.15) is 19.4 Å². The first-order chi connectivity index (χ1) is 14.3. The summed E-state index contributed by atoms with van der Waals surface area (Å²) in [7, 11) is 1.44. The van der Waals surface area contributed by atoms with E-state index in [2.05, 4.69) is 0 Å². The molecule has 0 aromatic heterocycles. The summed E-state index contributed by atoms with van der Waals surface area (Å²) in [6.07, 6.45) is 1.52. The zero-order chi connectivity index (χ0) is 22.3. The fourth-order valence-corrected chi connectivity index (χ4v) is 4.04. The minimum absolute atomic E-state index is 0.160. The Hall–Kier alpha value is -2.28. The van der Waals surface area contributed by atoms with Crippen LogP contribution in [0.2, 0.25) is 0 Å². The van der Waals surface area contributed by atoms with Gasteiger partial charge in [0.05, 0.1) is 28.8 Å². The highest BCUT2D eigenvalue weighted by Gasteiger charge is 2.36. The summed E-state index contributed by atoms with van der Waals surface area (Å²) in [4.78, 5) is 48.8. The second-order valence-electron chi connectivity index (χ2n) is 5.70. The molecule has 1 aliphatic rings. The van der Waals surface area contributed by atoms with E-state index in [0.29, 0.717) is 20.6 Å². The fourth-order valence-electron chi connectivity index (χ4n) is 2.42. The number of esters is 2. The zero-order valence-electron chi connectivity index (χ0n) is 16.6. The molecule has 2 amide bonds. The van der Waals surface area contributed by atoms with E-state index in [1.165, 1.54) is 13.2 Å². The van der Waals surface area contributed by atoms with Crippen molar-refractivity contribution >= 4 is 63.5 Å². The van der Waals surface area contributed by atoms with Gasteiger partial charge in [-0.25, -0.2) is 4.79 Å². The van der Waals surface area contributed by atoms with Gasteiger partial charge in [-0.05, 0) is 72.0 Å². The van der Waals surface area contributed by atoms with Gasteiger partial charge in [0.15, 0.2) is 18.1 Å². The molecule has 1 aromatic rings. The molecule has 9 nitrogen and oxygen atoms in total. The summed E-state index contributed by atoms with van der Waals surface area (Å²) in [6, 6.07) is 3.32. The lowest BCUT2D eigenvalue weighted by Crippen LogP contribution is -2.34. The van der Waals surface area contributed by atoms with Gasteiger partial charge in [0, 0.05) is 0 Å². The molecule has 0 atom stereocenters. The molecule has 1 saturated heterocycles. The number of benzene rings is 1. The van der Waals surface area contributed by atoms with Crippen LogP contribution in [0.5, 0.6) is 11.5 Å². The molecule has 1 aliphatic heterocycles. The lowest BCUT2D eigenvalue weighted by Gasteiger charge is -2.13. The molecule has 0 N–H and O–H groups in total. The summed E-state index contributed by atoms with van der Waals surface area (Å²) in [5.41, 5.74) is 0.585. The second kappa shape index (κ2) is 11.2. The number of hydrogen-bond acceptors (Lipinski definition) is 9. The number of halogens is 1. The van der Waals surface area contributed by atoms with Crippen molar-refractivity contribution in [2.75, 3.05) is 33.5 Å². The fraction of sp³-hybridized carbons (Fsp3) is 0.368. The predicted octanol–water partition coefficient (Wildman–Crippen LogP) is 2.84. The number of thioether (sulfide) groups is 1. The Morgan fingerprint density at radius 2 is 1.80 bits per heavy atom. The maximum absolute atomic E-state index is 12.5. The summed E-state index contributed by atoms with van der Waals surface area (Å²) in [5.74, 6) is -1.02. The number of carbonyl (C=O) groups is 4. The Morgan fingerprint density at radius 3 is 2.43 bits per heavy atom. The van der Waals surface area contributed by atoms with Gasteiger partial charge < -0.3 is 18.9 Å². The van der Waals surface area contributed by atoms with E-state index in [1.807, 2.05) is 22.6 Å². The van der Waals surface area contributed by atoms with Gasteiger partial charge in [0.1, 0.15) is 6.54 Å². The van der Waals surface area contributed by atoms with Gasteiger partial charge >= 0.3 is 11.9 Å². The quantitative estimate of drug-likeness (QED) is 0.261. The Labute approximate surface area is 191 Å². The lowest BCUT2D eigenvalue weighted by molar-refractivity contribution is -0.146. The van der Waals surface area contributed by atoms with Crippen LogP contribution in [0.25, 0.3) is 6.08 Å². The summed E-state index contributed by atoms with van der Waals surface area (Å²) >= 11 is 2.75. The summed E-state index contributed by atoms with van der Waals surface area (Å²) < 4.78 is 21.1. The number of carbonyl (C=O) groups excluding carboxylic acids is 4. The van der Waals surface area contributed by atoms with Crippen molar-refractivity contribution in [3.63, 3.8) is 0 Å². The number of ether oxygens (including phenoxy) is 4. The molecule has 1 aromatic carbocycles. The van der Waals surface area contributed by atoms with Crippen molar-refractivity contribution < 1.29 is 38.1 Å². The number of nitrogens with zero attached hydrogens (tertiary/aromatic N) is 1. The third kappa shape index (κ3) is 6.11. The van der Waals surface area contributed by atoms with E-state index in [0.717, 1.165) is 16.7 Å². The molecule has 0 saturated carbocycles. The van der Waals surface area contributed by atoms with Crippen LogP contribution in [0.4, 0.5) is 4.79 Å². The van der Waals surface area contributed by atoms with Crippen LogP contribution in [0, 0.1) is 3.57 Å².